The lowest BCUT2D eigenvalue weighted by molar-refractivity contribution is -0.129. The monoisotopic (exact) mass is 341 g/mol. The summed E-state index contributed by atoms with van der Waals surface area (Å²) in [5.41, 5.74) is 1.33. The maximum atomic E-state index is 12.2. The van der Waals surface area contributed by atoms with Gasteiger partial charge in [-0.05, 0) is 24.8 Å². The summed E-state index contributed by atoms with van der Waals surface area (Å²) in [6, 6.07) is 11.0. The number of alkyl halides is 1. The van der Waals surface area contributed by atoms with Crippen LogP contribution in [0.25, 0.3) is 0 Å². The number of halogens is 1. The standard InChI is InChI=1S/C14H16INO/c15-13-12(10-6-2-1-3-7-10)11-8-4-5-9-16(11)14(13)17/h1-3,6-7,11-13H,4-5,8-9H2. The van der Waals surface area contributed by atoms with Crippen LogP contribution in [-0.4, -0.2) is 27.3 Å². The molecule has 0 bridgehead atoms. The first kappa shape index (κ1) is 11.5. The Bertz CT molecular complexity index is 419. The van der Waals surface area contributed by atoms with Gasteiger partial charge in [-0.25, -0.2) is 0 Å². The molecule has 1 amide bonds. The van der Waals surface area contributed by atoms with Crippen LogP contribution < -0.4 is 0 Å². The smallest absolute Gasteiger partial charge is 0.236 e. The van der Waals surface area contributed by atoms with Crippen molar-refractivity contribution in [3.8, 4) is 0 Å². The average Bonchev–Trinajstić information content (AvgIpc) is 2.64. The SMILES string of the molecule is O=C1C(I)C(c2ccccc2)C2CCCCN12. The molecule has 2 heterocycles. The molecular weight excluding hydrogens is 325 g/mol. The van der Waals surface area contributed by atoms with E-state index >= 15 is 0 Å². The largest absolute Gasteiger partial charge is 0.338 e. The van der Waals surface area contributed by atoms with Crippen LogP contribution in [0.4, 0.5) is 0 Å². The summed E-state index contributed by atoms with van der Waals surface area (Å²) in [5, 5.41) is 0. The summed E-state index contributed by atoms with van der Waals surface area (Å²) in [6.07, 6.45) is 3.61. The molecule has 2 aliphatic rings. The third-order valence-corrected chi connectivity index (χ3v) is 5.29. The van der Waals surface area contributed by atoms with Gasteiger partial charge in [0.25, 0.3) is 0 Å². The van der Waals surface area contributed by atoms with Crippen LogP contribution in [0.1, 0.15) is 30.7 Å². The molecule has 3 heteroatoms. The molecule has 3 unspecified atom stereocenters. The second-order valence-electron chi connectivity index (χ2n) is 4.93. The molecule has 17 heavy (non-hydrogen) atoms. The van der Waals surface area contributed by atoms with E-state index < -0.39 is 0 Å². The molecule has 1 aromatic rings. The molecule has 2 aliphatic heterocycles. The van der Waals surface area contributed by atoms with Gasteiger partial charge in [-0.3, -0.25) is 4.79 Å². The van der Waals surface area contributed by atoms with Crippen LogP contribution >= 0.6 is 22.6 Å². The minimum atomic E-state index is 0.123. The second kappa shape index (κ2) is 4.59. The van der Waals surface area contributed by atoms with Crippen molar-refractivity contribution in [2.45, 2.75) is 35.1 Å². The van der Waals surface area contributed by atoms with Gasteiger partial charge in [0.05, 0.1) is 3.92 Å². The van der Waals surface area contributed by atoms with Crippen molar-refractivity contribution in [3.05, 3.63) is 35.9 Å². The molecule has 0 radical (unpaired) electrons. The number of nitrogens with zero attached hydrogens (tertiary/aromatic N) is 1. The van der Waals surface area contributed by atoms with Gasteiger partial charge >= 0.3 is 0 Å². The predicted molar refractivity (Wildman–Crippen MR) is 76.3 cm³/mol. The summed E-state index contributed by atoms with van der Waals surface area (Å²) in [7, 11) is 0. The van der Waals surface area contributed by atoms with Crippen LogP contribution in [0, 0.1) is 0 Å². The second-order valence-corrected chi connectivity index (χ2v) is 6.27. The molecule has 2 saturated heterocycles. The molecule has 0 spiro atoms. The Morgan fingerprint density at radius 1 is 1.18 bits per heavy atom. The first-order chi connectivity index (χ1) is 8.29. The number of piperidine rings is 1. The first-order valence-electron chi connectivity index (χ1n) is 6.28. The molecule has 0 saturated carbocycles. The highest BCUT2D eigenvalue weighted by Crippen LogP contribution is 2.42. The zero-order valence-electron chi connectivity index (χ0n) is 9.68. The summed E-state index contributed by atoms with van der Waals surface area (Å²) < 4.78 is 0.123. The molecule has 3 atom stereocenters. The first-order valence-corrected chi connectivity index (χ1v) is 7.53. The normalized spacial score (nSPS) is 32.6. The number of rotatable bonds is 1. The highest BCUT2D eigenvalue weighted by Gasteiger charge is 2.47. The van der Waals surface area contributed by atoms with E-state index in [0.717, 1.165) is 6.54 Å². The Labute approximate surface area is 116 Å². The maximum Gasteiger partial charge on any atom is 0.236 e. The molecular formula is C14H16INO. The van der Waals surface area contributed by atoms with Crippen LogP contribution in [-0.2, 0) is 4.79 Å². The van der Waals surface area contributed by atoms with Crippen LogP contribution in [0.5, 0.6) is 0 Å². The molecule has 2 fully saturated rings. The quantitative estimate of drug-likeness (QED) is 0.568. The minimum Gasteiger partial charge on any atom is -0.338 e. The Balaban J connectivity index is 1.96. The Morgan fingerprint density at radius 3 is 2.71 bits per heavy atom. The molecule has 90 valence electrons. The molecule has 0 aromatic heterocycles. The van der Waals surface area contributed by atoms with Gasteiger partial charge in [-0.1, -0.05) is 52.9 Å². The van der Waals surface area contributed by atoms with Crippen LogP contribution in [0.2, 0.25) is 0 Å². The van der Waals surface area contributed by atoms with E-state index in [-0.39, 0.29) is 3.92 Å². The number of carbonyl (C=O) groups is 1. The Morgan fingerprint density at radius 2 is 1.94 bits per heavy atom. The van der Waals surface area contributed by atoms with Crippen molar-refractivity contribution in [1.82, 2.24) is 4.90 Å². The summed E-state index contributed by atoms with van der Waals surface area (Å²) >= 11 is 2.34. The lowest BCUT2D eigenvalue weighted by atomic mass is 9.87. The summed E-state index contributed by atoms with van der Waals surface area (Å²) in [6.45, 7) is 0.965. The highest BCUT2D eigenvalue weighted by atomic mass is 127. The number of carbonyl (C=O) groups excluding carboxylic acids is 1. The average molecular weight is 341 g/mol. The number of fused-ring (bicyclic) bond motifs is 1. The van der Waals surface area contributed by atoms with Gasteiger partial charge in [0.2, 0.25) is 5.91 Å². The zero-order chi connectivity index (χ0) is 11.8. The Hall–Kier alpha value is -0.580. The van der Waals surface area contributed by atoms with E-state index in [1.807, 2.05) is 6.07 Å². The van der Waals surface area contributed by atoms with E-state index in [9.17, 15) is 4.79 Å². The van der Waals surface area contributed by atoms with E-state index in [2.05, 4.69) is 51.8 Å². The van der Waals surface area contributed by atoms with Crippen molar-refractivity contribution < 1.29 is 4.79 Å². The number of hydrogen-bond donors (Lipinski definition) is 0. The van der Waals surface area contributed by atoms with Gasteiger partial charge in [0, 0.05) is 18.5 Å². The Kier molecular flexibility index (Phi) is 3.11. The fourth-order valence-electron chi connectivity index (χ4n) is 3.18. The van der Waals surface area contributed by atoms with Crippen LogP contribution in [0.15, 0.2) is 30.3 Å². The minimum absolute atomic E-state index is 0.123. The number of hydrogen-bond acceptors (Lipinski definition) is 1. The van der Waals surface area contributed by atoms with Crippen LogP contribution in [0.3, 0.4) is 0 Å². The van der Waals surface area contributed by atoms with E-state index in [1.165, 1.54) is 24.8 Å². The number of amides is 1. The van der Waals surface area contributed by atoms with E-state index in [4.69, 9.17) is 0 Å². The molecule has 3 rings (SSSR count). The van der Waals surface area contributed by atoms with Crippen molar-refractivity contribution >= 4 is 28.5 Å². The lowest BCUT2D eigenvalue weighted by Gasteiger charge is -2.32. The highest BCUT2D eigenvalue weighted by molar-refractivity contribution is 14.1. The van der Waals surface area contributed by atoms with Gasteiger partial charge in [0.15, 0.2) is 0 Å². The molecule has 0 aliphatic carbocycles. The van der Waals surface area contributed by atoms with Crippen molar-refractivity contribution in [1.29, 1.82) is 0 Å². The van der Waals surface area contributed by atoms with Crippen molar-refractivity contribution in [3.63, 3.8) is 0 Å². The third kappa shape index (κ3) is 1.88. The fourth-order valence-corrected chi connectivity index (χ4v) is 4.43. The molecule has 1 aromatic carbocycles. The summed E-state index contributed by atoms with van der Waals surface area (Å²) in [4.78, 5) is 14.4. The molecule has 2 nitrogen and oxygen atoms in total. The van der Waals surface area contributed by atoms with E-state index in [1.54, 1.807) is 0 Å². The summed E-state index contributed by atoms with van der Waals surface area (Å²) in [5.74, 6) is 0.744. The zero-order valence-corrected chi connectivity index (χ0v) is 11.8. The maximum absolute atomic E-state index is 12.2. The lowest BCUT2D eigenvalue weighted by Crippen LogP contribution is -2.38. The van der Waals surface area contributed by atoms with E-state index in [0.29, 0.717) is 17.9 Å². The van der Waals surface area contributed by atoms with Gasteiger partial charge in [-0.2, -0.15) is 0 Å². The molecule has 0 N–H and O–H groups in total. The fraction of sp³-hybridized carbons (Fsp3) is 0.500. The van der Waals surface area contributed by atoms with Gasteiger partial charge in [-0.15, -0.1) is 0 Å². The third-order valence-electron chi connectivity index (χ3n) is 3.98. The topological polar surface area (TPSA) is 20.3 Å². The number of benzene rings is 1. The van der Waals surface area contributed by atoms with Gasteiger partial charge < -0.3 is 4.90 Å². The van der Waals surface area contributed by atoms with Crippen molar-refractivity contribution in [2.24, 2.45) is 0 Å². The van der Waals surface area contributed by atoms with Crippen molar-refractivity contribution in [2.75, 3.05) is 6.54 Å². The predicted octanol–water partition coefficient (Wildman–Crippen LogP) is 2.97. The van der Waals surface area contributed by atoms with Gasteiger partial charge in [0.1, 0.15) is 0 Å².